The average molecular weight is 532 g/mol. The number of hydrogen-bond donors (Lipinski definition) is 1. The molecule has 38 heavy (non-hydrogen) atoms. The number of piperazine rings is 1. The van der Waals surface area contributed by atoms with Crippen LogP contribution in [0.1, 0.15) is 42.3 Å². The maximum atomic E-state index is 13.0. The van der Waals surface area contributed by atoms with Gasteiger partial charge in [0.25, 0.3) is 0 Å². The highest BCUT2D eigenvalue weighted by atomic mass is 32.1. The van der Waals surface area contributed by atoms with E-state index in [1.54, 1.807) is 11.3 Å². The van der Waals surface area contributed by atoms with E-state index < -0.39 is 0 Å². The minimum atomic E-state index is -0.146. The Morgan fingerprint density at radius 3 is 2.82 bits per heavy atom. The summed E-state index contributed by atoms with van der Waals surface area (Å²) < 4.78 is 9.29. The van der Waals surface area contributed by atoms with E-state index in [0.717, 1.165) is 76.2 Å². The Kier molecular flexibility index (Phi) is 6.35. The molecule has 4 aromatic rings. The Labute approximate surface area is 225 Å². The van der Waals surface area contributed by atoms with E-state index in [1.165, 1.54) is 12.8 Å². The first-order valence-corrected chi connectivity index (χ1v) is 14.6. The number of ether oxygens (including phenoxy) is 1. The molecule has 2 saturated heterocycles. The molecule has 1 unspecified atom stereocenters. The van der Waals surface area contributed by atoms with E-state index in [2.05, 4.69) is 33.8 Å². The fraction of sp³-hybridized carbons (Fsp3) is 0.500. The summed E-state index contributed by atoms with van der Waals surface area (Å²) >= 11 is 1.69. The number of morpholine rings is 1. The summed E-state index contributed by atoms with van der Waals surface area (Å²) in [6.07, 6.45) is 3.26. The Hall–Kier alpha value is -2.92. The molecule has 198 valence electrons. The first-order valence-electron chi connectivity index (χ1n) is 13.8. The molecule has 1 saturated carbocycles. The van der Waals surface area contributed by atoms with Crippen LogP contribution in [0.5, 0.6) is 0 Å². The van der Waals surface area contributed by atoms with Crippen LogP contribution in [0.4, 0.5) is 0 Å². The topological polar surface area (TPSA) is 88.4 Å². The van der Waals surface area contributed by atoms with Gasteiger partial charge in [-0.3, -0.25) is 14.3 Å². The molecule has 0 spiro atoms. The van der Waals surface area contributed by atoms with Gasteiger partial charge in [0.2, 0.25) is 11.9 Å². The van der Waals surface area contributed by atoms with Crippen molar-refractivity contribution in [1.29, 1.82) is 0 Å². The van der Waals surface area contributed by atoms with Crippen LogP contribution in [0, 0.1) is 5.92 Å². The summed E-state index contributed by atoms with van der Waals surface area (Å²) in [6, 6.07) is 10.3. The Bertz CT molecular complexity index is 1490. The number of amides is 1. The molecule has 3 fully saturated rings. The van der Waals surface area contributed by atoms with Gasteiger partial charge in [0.15, 0.2) is 0 Å². The van der Waals surface area contributed by atoms with Crippen molar-refractivity contribution in [3.05, 3.63) is 46.7 Å². The minimum Gasteiger partial charge on any atom is -0.369 e. The number of carbonyl (C=O) groups excluding carboxylic acids is 1. The smallest absolute Gasteiger partial charge is 0.237 e. The van der Waals surface area contributed by atoms with Crippen molar-refractivity contribution in [2.45, 2.75) is 38.8 Å². The highest BCUT2D eigenvalue weighted by Gasteiger charge is 2.30. The van der Waals surface area contributed by atoms with Gasteiger partial charge in [0.1, 0.15) is 11.9 Å². The molecule has 5 heterocycles. The second-order valence-corrected chi connectivity index (χ2v) is 11.7. The van der Waals surface area contributed by atoms with Gasteiger partial charge in [-0.05, 0) is 37.0 Å². The van der Waals surface area contributed by atoms with Crippen molar-refractivity contribution in [1.82, 2.24) is 34.6 Å². The van der Waals surface area contributed by atoms with Crippen LogP contribution in [0.3, 0.4) is 0 Å². The van der Waals surface area contributed by atoms with Gasteiger partial charge in [-0.25, -0.2) is 15.0 Å². The molecule has 3 aromatic heterocycles. The Morgan fingerprint density at radius 1 is 1.13 bits per heavy atom. The number of aryl methyl sites for hydroxylation is 1. The van der Waals surface area contributed by atoms with E-state index in [1.807, 2.05) is 23.1 Å². The number of nitrogens with one attached hydrogen (secondary N) is 1. The lowest BCUT2D eigenvalue weighted by atomic mass is 10.2. The van der Waals surface area contributed by atoms with Crippen molar-refractivity contribution in [3.63, 3.8) is 0 Å². The second kappa shape index (κ2) is 10.00. The van der Waals surface area contributed by atoms with Crippen LogP contribution in [-0.2, 0) is 22.5 Å². The number of nitrogens with zero attached hydrogens (tertiary/aromatic N) is 6. The number of benzene rings is 1. The fourth-order valence-electron chi connectivity index (χ4n) is 5.60. The van der Waals surface area contributed by atoms with E-state index in [0.29, 0.717) is 32.2 Å². The molecule has 7 rings (SSSR count). The molecule has 1 aliphatic carbocycles. The number of para-hydroxylation sites is 2. The molecule has 0 radical (unpaired) electrons. The van der Waals surface area contributed by atoms with Crippen LogP contribution in [0.2, 0.25) is 0 Å². The van der Waals surface area contributed by atoms with E-state index >= 15 is 0 Å². The second-order valence-electron chi connectivity index (χ2n) is 10.6. The molecular weight excluding hydrogens is 498 g/mol. The van der Waals surface area contributed by atoms with E-state index in [4.69, 9.17) is 19.7 Å². The van der Waals surface area contributed by atoms with Crippen LogP contribution < -0.4 is 5.32 Å². The molecule has 0 bridgehead atoms. The van der Waals surface area contributed by atoms with Crippen LogP contribution >= 0.6 is 11.3 Å². The van der Waals surface area contributed by atoms with Crippen molar-refractivity contribution in [3.8, 4) is 5.95 Å². The third-order valence-corrected chi connectivity index (χ3v) is 8.91. The zero-order chi connectivity index (χ0) is 25.6. The summed E-state index contributed by atoms with van der Waals surface area (Å²) in [5.74, 6) is 2.59. The first kappa shape index (κ1) is 24.1. The average Bonchev–Trinajstić information content (AvgIpc) is 3.53. The maximum Gasteiger partial charge on any atom is 0.237 e. The molecule has 1 amide bonds. The molecule has 9 nitrogen and oxygen atoms in total. The molecule has 10 heteroatoms. The third-order valence-electron chi connectivity index (χ3n) is 7.77. The number of carbonyl (C=O) groups is 1. The van der Waals surface area contributed by atoms with Gasteiger partial charge < -0.3 is 15.0 Å². The zero-order valence-electron chi connectivity index (χ0n) is 21.7. The summed E-state index contributed by atoms with van der Waals surface area (Å²) in [5.41, 5.74) is 3.76. The summed E-state index contributed by atoms with van der Waals surface area (Å²) in [7, 11) is 0. The normalized spacial score (nSPS) is 21.1. The number of rotatable bonds is 7. The number of fused-ring (bicyclic) bond motifs is 2. The lowest BCUT2D eigenvalue weighted by Crippen LogP contribution is -2.50. The summed E-state index contributed by atoms with van der Waals surface area (Å²) in [4.78, 5) is 33.4. The highest BCUT2D eigenvalue weighted by Crippen LogP contribution is 2.35. The predicted molar refractivity (Wildman–Crippen MR) is 148 cm³/mol. The van der Waals surface area contributed by atoms with Gasteiger partial charge in [-0.15, -0.1) is 11.3 Å². The largest absolute Gasteiger partial charge is 0.369 e. The number of aromatic nitrogens is 4. The molecule has 3 aliphatic rings. The zero-order valence-corrected chi connectivity index (χ0v) is 22.5. The minimum absolute atomic E-state index is 0.146. The van der Waals surface area contributed by atoms with Gasteiger partial charge in [0.05, 0.1) is 46.6 Å². The Balaban J connectivity index is 1.25. The molecule has 1 atom stereocenters. The maximum absolute atomic E-state index is 13.0. The van der Waals surface area contributed by atoms with E-state index in [9.17, 15) is 4.79 Å². The van der Waals surface area contributed by atoms with Crippen molar-refractivity contribution in [2.24, 2.45) is 5.92 Å². The Morgan fingerprint density at radius 2 is 2.03 bits per heavy atom. The fourth-order valence-corrected chi connectivity index (χ4v) is 6.74. The van der Waals surface area contributed by atoms with Crippen molar-refractivity contribution < 1.29 is 9.53 Å². The van der Waals surface area contributed by atoms with Crippen LogP contribution in [0.25, 0.3) is 27.2 Å². The molecule has 1 N–H and O–H groups in total. The van der Waals surface area contributed by atoms with Gasteiger partial charge in [-0.1, -0.05) is 19.1 Å². The monoisotopic (exact) mass is 531 g/mol. The molecule has 2 aliphatic heterocycles. The predicted octanol–water partition coefficient (Wildman–Crippen LogP) is 3.31. The number of imidazole rings is 1. The number of hydrogen-bond acceptors (Lipinski definition) is 8. The summed E-state index contributed by atoms with van der Waals surface area (Å²) in [6.45, 7) is 8.27. The van der Waals surface area contributed by atoms with E-state index in [-0.39, 0.29) is 12.0 Å². The molecule has 1 aromatic carbocycles. The quantitative estimate of drug-likeness (QED) is 0.391. The van der Waals surface area contributed by atoms with Crippen molar-refractivity contribution in [2.75, 3.05) is 45.9 Å². The lowest BCUT2D eigenvalue weighted by Gasteiger charge is -2.34. The standard InChI is InChI=1S/C28H33N7O2S/c1-2-24-30-20-5-3-4-6-22(20)35(24)28-31-21-13-19(38-27(21)26(32-28)23-14-29-9-12-37-23)16-34-11-10-33(17-25(34)36)15-18-7-8-18/h3-6,13,18,23,29H,2,7-12,14-17H2,1H3. The molecular formula is C28H33N7O2S. The first-order chi connectivity index (χ1) is 18.7. The highest BCUT2D eigenvalue weighted by molar-refractivity contribution is 7.19. The van der Waals surface area contributed by atoms with Crippen LogP contribution in [-0.4, -0.2) is 81.1 Å². The lowest BCUT2D eigenvalue weighted by molar-refractivity contribution is -0.136. The van der Waals surface area contributed by atoms with Gasteiger partial charge in [0, 0.05) is 44.0 Å². The van der Waals surface area contributed by atoms with Gasteiger partial charge in [-0.2, -0.15) is 0 Å². The SMILES string of the molecule is CCc1nc2ccccc2n1-c1nc(C2CNCCO2)c2sc(CN3CCN(CC4CC4)CC3=O)cc2n1. The van der Waals surface area contributed by atoms with Crippen molar-refractivity contribution >= 4 is 38.5 Å². The summed E-state index contributed by atoms with van der Waals surface area (Å²) in [5, 5.41) is 3.45. The number of thiophene rings is 1. The van der Waals surface area contributed by atoms with Crippen LogP contribution in [0.15, 0.2) is 30.3 Å². The third kappa shape index (κ3) is 4.59. The van der Waals surface area contributed by atoms with Gasteiger partial charge >= 0.3 is 0 Å².